The largest absolute Gasteiger partial charge is 0.468 e. The Kier molecular flexibility index (Phi) is 3.66. The van der Waals surface area contributed by atoms with Crippen molar-refractivity contribution in [2.75, 3.05) is 0 Å². The normalized spacial score (nSPS) is 26.4. The SMILES string of the molecule is CCC1CCC(C)N1Cc1ccoc1CN. The Balaban J connectivity index is 2.08. The van der Waals surface area contributed by atoms with Gasteiger partial charge in [-0.15, -0.1) is 0 Å². The molecule has 2 unspecified atom stereocenters. The Bertz CT molecular complexity index is 334. The fraction of sp³-hybridized carbons (Fsp3) is 0.692. The van der Waals surface area contributed by atoms with Gasteiger partial charge in [-0.3, -0.25) is 4.90 Å². The zero-order valence-electron chi connectivity index (χ0n) is 10.3. The van der Waals surface area contributed by atoms with Gasteiger partial charge in [0, 0.05) is 24.2 Å². The van der Waals surface area contributed by atoms with Crippen LogP contribution >= 0.6 is 0 Å². The molecule has 0 amide bonds. The number of hydrogen-bond donors (Lipinski definition) is 1. The fourth-order valence-corrected chi connectivity index (χ4v) is 2.73. The van der Waals surface area contributed by atoms with Crippen LogP contribution in [0.4, 0.5) is 0 Å². The molecule has 16 heavy (non-hydrogen) atoms. The highest BCUT2D eigenvalue weighted by atomic mass is 16.3. The van der Waals surface area contributed by atoms with E-state index in [1.165, 1.54) is 24.8 Å². The molecule has 1 fully saturated rings. The van der Waals surface area contributed by atoms with Crippen LogP contribution in [-0.2, 0) is 13.1 Å². The van der Waals surface area contributed by atoms with E-state index in [2.05, 4.69) is 24.8 Å². The van der Waals surface area contributed by atoms with Gasteiger partial charge in [0.15, 0.2) is 0 Å². The molecule has 0 spiro atoms. The number of rotatable bonds is 4. The molecule has 1 aromatic heterocycles. The minimum Gasteiger partial charge on any atom is -0.468 e. The maximum absolute atomic E-state index is 5.66. The van der Waals surface area contributed by atoms with Crippen molar-refractivity contribution in [3.05, 3.63) is 23.7 Å². The van der Waals surface area contributed by atoms with Crippen molar-refractivity contribution in [3.63, 3.8) is 0 Å². The van der Waals surface area contributed by atoms with Gasteiger partial charge in [0.2, 0.25) is 0 Å². The molecule has 0 aromatic carbocycles. The van der Waals surface area contributed by atoms with Crippen molar-refractivity contribution in [2.24, 2.45) is 5.73 Å². The van der Waals surface area contributed by atoms with E-state index in [-0.39, 0.29) is 0 Å². The molecule has 0 bridgehead atoms. The highest BCUT2D eigenvalue weighted by molar-refractivity contribution is 5.17. The second kappa shape index (κ2) is 5.02. The first-order valence-corrected chi connectivity index (χ1v) is 6.27. The summed E-state index contributed by atoms with van der Waals surface area (Å²) in [5, 5.41) is 0. The van der Waals surface area contributed by atoms with Gasteiger partial charge in [0.05, 0.1) is 12.8 Å². The maximum atomic E-state index is 5.66. The summed E-state index contributed by atoms with van der Waals surface area (Å²) in [5.74, 6) is 0.939. The van der Waals surface area contributed by atoms with Crippen LogP contribution in [0.2, 0.25) is 0 Å². The van der Waals surface area contributed by atoms with Gasteiger partial charge in [-0.2, -0.15) is 0 Å². The van der Waals surface area contributed by atoms with Crippen LogP contribution in [0.15, 0.2) is 16.7 Å². The molecule has 1 aromatic rings. The van der Waals surface area contributed by atoms with Gasteiger partial charge in [-0.1, -0.05) is 6.92 Å². The molecule has 3 heteroatoms. The Hall–Kier alpha value is -0.800. The van der Waals surface area contributed by atoms with E-state index in [0.29, 0.717) is 12.6 Å². The summed E-state index contributed by atoms with van der Waals surface area (Å²) in [6, 6.07) is 3.47. The Morgan fingerprint density at radius 1 is 1.50 bits per heavy atom. The fourth-order valence-electron chi connectivity index (χ4n) is 2.73. The van der Waals surface area contributed by atoms with Crippen LogP contribution in [0.1, 0.15) is 44.4 Å². The summed E-state index contributed by atoms with van der Waals surface area (Å²) >= 11 is 0. The molecular weight excluding hydrogens is 200 g/mol. The van der Waals surface area contributed by atoms with Gasteiger partial charge in [0.1, 0.15) is 5.76 Å². The number of likely N-dealkylation sites (tertiary alicyclic amines) is 1. The summed E-state index contributed by atoms with van der Waals surface area (Å²) < 4.78 is 5.38. The summed E-state index contributed by atoms with van der Waals surface area (Å²) in [7, 11) is 0. The Labute approximate surface area is 97.6 Å². The van der Waals surface area contributed by atoms with Crippen molar-refractivity contribution in [1.29, 1.82) is 0 Å². The summed E-state index contributed by atoms with van der Waals surface area (Å²) in [6.07, 6.45) is 5.63. The summed E-state index contributed by atoms with van der Waals surface area (Å²) in [4.78, 5) is 2.59. The van der Waals surface area contributed by atoms with E-state index in [4.69, 9.17) is 10.2 Å². The molecule has 3 nitrogen and oxygen atoms in total. The summed E-state index contributed by atoms with van der Waals surface area (Å²) in [5.41, 5.74) is 6.92. The first kappa shape index (κ1) is 11.7. The Morgan fingerprint density at radius 3 is 3.00 bits per heavy atom. The second-order valence-corrected chi connectivity index (χ2v) is 4.73. The van der Waals surface area contributed by atoms with Gasteiger partial charge >= 0.3 is 0 Å². The third-order valence-corrected chi connectivity index (χ3v) is 3.80. The molecule has 1 aliphatic heterocycles. The van der Waals surface area contributed by atoms with Gasteiger partial charge < -0.3 is 10.2 Å². The van der Waals surface area contributed by atoms with E-state index in [9.17, 15) is 0 Å². The van der Waals surface area contributed by atoms with Crippen molar-refractivity contribution < 1.29 is 4.42 Å². The second-order valence-electron chi connectivity index (χ2n) is 4.73. The number of furan rings is 1. The molecule has 1 aliphatic rings. The first-order chi connectivity index (χ1) is 7.76. The molecule has 2 heterocycles. The maximum Gasteiger partial charge on any atom is 0.121 e. The lowest BCUT2D eigenvalue weighted by atomic mass is 10.1. The predicted molar refractivity (Wildman–Crippen MR) is 64.9 cm³/mol. The van der Waals surface area contributed by atoms with Crippen molar-refractivity contribution >= 4 is 0 Å². The van der Waals surface area contributed by atoms with E-state index < -0.39 is 0 Å². The van der Waals surface area contributed by atoms with Crippen molar-refractivity contribution in [2.45, 2.75) is 58.3 Å². The quantitative estimate of drug-likeness (QED) is 0.851. The van der Waals surface area contributed by atoms with Crippen LogP contribution < -0.4 is 5.73 Å². The number of hydrogen-bond acceptors (Lipinski definition) is 3. The lowest BCUT2D eigenvalue weighted by Gasteiger charge is -2.27. The van der Waals surface area contributed by atoms with Crippen LogP contribution in [0, 0.1) is 0 Å². The van der Waals surface area contributed by atoms with E-state index >= 15 is 0 Å². The smallest absolute Gasteiger partial charge is 0.121 e. The van der Waals surface area contributed by atoms with Crippen molar-refractivity contribution in [3.8, 4) is 0 Å². The van der Waals surface area contributed by atoms with Crippen LogP contribution in [-0.4, -0.2) is 17.0 Å². The van der Waals surface area contributed by atoms with Gasteiger partial charge in [0.25, 0.3) is 0 Å². The third kappa shape index (κ3) is 2.15. The molecule has 1 saturated heterocycles. The lowest BCUT2D eigenvalue weighted by molar-refractivity contribution is 0.188. The topological polar surface area (TPSA) is 42.4 Å². The minimum absolute atomic E-state index is 0.501. The zero-order valence-corrected chi connectivity index (χ0v) is 10.3. The lowest BCUT2D eigenvalue weighted by Crippen LogP contribution is -2.33. The summed E-state index contributed by atoms with van der Waals surface area (Å²) in [6.45, 7) is 6.08. The highest BCUT2D eigenvalue weighted by Gasteiger charge is 2.29. The molecule has 0 saturated carbocycles. The monoisotopic (exact) mass is 222 g/mol. The van der Waals surface area contributed by atoms with E-state index in [1.807, 2.05) is 0 Å². The zero-order chi connectivity index (χ0) is 11.5. The number of nitrogens with two attached hydrogens (primary N) is 1. The molecule has 0 radical (unpaired) electrons. The standard InChI is InChI=1S/C13H22N2O/c1-3-12-5-4-10(2)15(12)9-11-6-7-16-13(11)8-14/h6-7,10,12H,3-5,8-9,14H2,1-2H3. The third-order valence-electron chi connectivity index (χ3n) is 3.80. The highest BCUT2D eigenvalue weighted by Crippen LogP contribution is 2.28. The molecule has 2 N–H and O–H groups in total. The molecular formula is C13H22N2O. The molecule has 0 aliphatic carbocycles. The number of nitrogens with zero attached hydrogens (tertiary/aromatic N) is 1. The average Bonchev–Trinajstić information content (AvgIpc) is 2.87. The Morgan fingerprint density at radius 2 is 2.31 bits per heavy atom. The first-order valence-electron chi connectivity index (χ1n) is 6.27. The van der Waals surface area contributed by atoms with Crippen LogP contribution in [0.5, 0.6) is 0 Å². The minimum atomic E-state index is 0.501. The van der Waals surface area contributed by atoms with Crippen molar-refractivity contribution in [1.82, 2.24) is 4.90 Å². The van der Waals surface area contributed by atoms with E-state index in [0.717, 1.165) is 18.3 Å². The van der Waals surface area contributed by atoms with Gasteiger partial charge in [-0.05, 0) is 32.3 Å². The molecule has 2 rings (SSSR count). The predicted octanol–water partition coefficient (Wildman–Crippen LogP) is 2.50. The average molecular weight is 222 g/mol. The van der Waals surface area contributed by atoms with Crippen LogP contribution in [0.3, 0.4) is 0 Å². The van der Waals surface area contributed by atoms with Crippen LogP contribution in [0.25, 0.3) is 0 Å². The molecule has 90 valence electrons. The molecule has 2 atom stereocenters. The van der Waals surface area contributed by atoms with E-state index in [1.54, 1.807) is 6.26 Å². The van der Waals surface area contributed by atoms with Gasteiger partial charge in [-0.25, -0.2) is 0 Å².